The molecule has 1 unspecified atom stereocenters. The first-order valence-electron chi connectivity index (χ1n) is 4.78. The first-order chi connectivity index (χ1) is 7.36. The van der Waals surface area contributed by atoms with Crippen LogP contribution >= 0.6 is 45.7 Å². The number of fused-ring (bicyclic) bond motifs is 2. The van der Waals surface area contributed by atoms with E-state index in [1.807, 2.05) is 23.1 Å². The number of thioether (sulfide) groups is 1. The number of halogens is 1. The maximum atomic E-state index is 2.55. The van der Waals surface area contributed by atoms with Crippen LogP contribution in [0.15, 0.2) is 39.9 Å². The van der Waals surface area contributed by atoms with Crippen LogP contribution in [0.5, 0.6) is 0 Å². The normalized spacial score (nSPS) is 19.1. The highest BCUT2D eigenvalue weighted by Gasteiger charge is 2.21. The monoisotopic (exact) mass is 344 g/mol. The highest BCUT2D eigenvalue weighted by molar-refractivity contribution is 14.1. The van der Waals surface area contributed by atoms with Crippen LogP contribution in [0.1, 0.15) is 20.6 Å². The number of hydrogen-bond donors (Lipinski definition) is 0. The van der Waals surface area contributed by atoms with E-state index in [4.69, 9.17) is 0 Å². The minimum Gasteiger partial charge on any atom is -0.137 e. The van der Waals surface area contributed by atoms with Gasteiger partial charge in [-0.2, -0.15) is 0 Å². The van der Waals surface area contributed by atoms with Crippen LogP contribution in [0, 0.1) is 0 Å². The van der Waals surface area contributed by atoms with Crippen molar-refractivity contribution < 1.29 is 0 Å². The molecule has 0 spiro atoms. The molecule has 1 aliphatic rings. The molecule has 0 bridgehead atoms. The topological polar surface area (TPSA) is 0 Å². The largest absolute Gasteiger partial charge is 0.137 e. The predicted octanol–water partition coefficient (Wildman–Crippen LogP) is 4.88. The zero-order valence-corrected chi connectivity index (χ0v) is 11.7. The predicted molar refractivity (Wildman–Crippen MR) is 76.2 cm³/mol. The quantitative estimate of drug-likeness (QED) is 0.485. The number of hydrogen-bond acceptors (Lipinski definition) is 2. The molecule has 0 saturated carbocycles. The summed E-state index contributed by atoms with van der Waals surface area (Å²) in [6.45, 7) is 0. The zero-order valence-electron chi connectivity index (χ0n) is 7.94. The molecule has 0 N–H and O–H groups in total. The first kappa shape index (κ1) is 10.2. The molecule has 1 aromatic carbocycles. The molecule has 0 amide bonds. The van der Waals surface area contributed by atoms with Gasteiger partial charge >= 0.3 is 0 Å². The Balaban J connectivity index is 2.18. The summed E-state index contributed by atoms with van der Waals surface area (Å²) < 4.78 is 2.01. The van der Waals surface area contributed by atoms with E-state index in [0.717, 1.165) is 5.75 Å². The molecule has 0 saturated heterocycles. The molecule has 1 aliphatic heterocycles. The maximum absolute atomic E-state index is 2.55. The van der Waals surface area contributed by atoms with Crippen molar-refractivity contribution in [2.45, 2.75) is 13.9 Å². The van der Waals surface area contributed by atoms with E-state index in [0.29, 0.717) is 3.92 Å². The molecule has 0 fully saturated rings. The Bertz CT molecular complexity index is 490. The Morgan fingerprint density at radius 1 is 1.13 bits per heavy atom. The number of alkyl halides is 1. The van der Waals surface area contributed by atoms with Gasteiger partial charge in [0, 0.05) is 5.75 Å². The fourth-order valence-corrected chi connectivity index (χ4v) is 5.56. The Morgan fingerprint density at radius 2 is 2.00 bits per heavy atom. The van der Waals surface area contributed by atoms with Crippen LogP contribution in [0.2, 0.25) is 0 Å². The summed E-state index contributed by atoms with van der Waals surface area (Å²) >= 11 is 6.40. The SMILES string of the molecule is IC1c2ccccc2CSc2sccc21. The van der Waals surface area contributed by atoms with E-state index in [-0.39, 0.29) is 0 Å². The second kappa shape index (κ2) is 4.11. The van der Waals surface area contributed by atoms with E-state index in [1.54, 1.807) is 0 Å². The summed E-state index contributed by atoms with van der Waals surface area (Å²) in [5.74, 6) is 1.11. The van der Waals surface area contributed by atoms with Gasteiger partial charge in [-0.15, -0.1) is 23.1 Å². The molecule has 1 atom stereocenters. The van der Waals surface area contributed by atoms with Crippen LogP contribution in [-0.4, -0.2) is 0 Å². The molecule has 76 valence electrons. The van der Waals surface area contributed by atoms with E-state index in [2.05, 4.69) is 58.3 Å². The van der Waals surface area contributed by atoms with Crippen molar-refractivity contribution >= 4 is 45.7 Å². The van der Waals surface area contributed by atoms with Gasteiger partial charge in [0.2, 0.25) is 0 Å². The average Bonchev–Trinajstić information content (AvgIpc) is 2.69. The highest BCUT2D eigenvalue weighted by Crippen LogP contribution is 2.45. The molecule has 0 aliphatic carbocycles. The molecule has 1 aromatic heterocycles. The van der Waals surface area contributed by atoms with Crippen LogP contribution in [0.25, 0.3) is 0 Å². The van der Waals surface area contributed by atoms with Gasteiger partial charge in [0.25, 0.3) is 0 Å². The van der Waals surface area contributed by atoms with Crippen molar-refractivity contribution in [2.75, 3.05) is 0 Å². The van der Waals surface area contributed by atoms with Crippen molar-refractivity contribution in [3.63, 3.8) is 0 Å². The van der Waals surface area contributed by atoms with Crippen molar-refractivity contribution in [1.82, 2.24) is 0 Å². The van der Waals surface area contributed by atoms with Gasteiger partial charge in [-0.3, -0.25) is 0 Å². The standard InChI is InChI=1S/C12H9IS2/c13-11-9-4-2-1-3-8(9)7-15-12-10(11)5-6-14-12/h1-6,11H,7H2. The minimum atomic E-state index is 0.523. The summed E-state index contributed by atoms with van der Waals surface area (Å²) in [7, 11) is 0. The van der Waals surface area contributed by atoms with Crippen molar-refractivity contribution in [1.29, 1.82) is 0 Å². The number of rotatable bonds is 0. The third kappa shape index (κ3) is 1.74. The van der Waals surface area contributed by atoms with Gasteiger partial charge in [0.05, 0.1) is 8.13 Å². The summed E-state index contributed by atoms with van der Waals surface area (Å²) in [5.41, 5.74) is 4.48. The third-order valence-corrected chi connectivity index (χ3v) is 6.28. The summed E-state index contributed by atoms with van der Waals surface area (Å²) in [6, 6.07) is 11.1. The van der Waals surface area contributed by atoms with Crippen LogP contribution in [0.3, 0.4) is 0 Å². The van der Waals surface area contributed by atoms with Gasteiger partial charge in [-0.1, -0.05) is 46.9 Å². The lowest BCUT2D eigenvalue weighted by molar-refractivity contribution is 1.15. The van der Waals surface area contributed by atoms with E-state index in [9.17, 15) is 0 Å². The molecule has 3 rings (SSSR count). The lowest BCUT2D eigenvalue weighted by atomic mass is 10.0. The zero-order chi connectivity index (χ0) is 10.3. The van der Waals surface area contributed by atoms with Gasteiger partial charge in [-0.05, 0) is 28.1 Å². The second-order valence-electron chi connectivity index (χ2n) is 3.51. The molecule has 2 aromatic rings. The highest BCUT2D eigenvalue weighted by atomic mass is 127. The second-order valence-corrected chi connectivity index (χ2v) is 6.92. The van der Waals surface area contributed by atoms with E-state index >= 15 is 0 Å². The summed E-state index contributed by atoms with van der Waals surface area (Å²) in [4.78, 5) is 0. The molecule has 0 radical (unpaired) electrons. The molecule has 15 heavy (non-hydrogen) atoms. The summed E-state index contributed by atoms with van der Waals surface area (Å²) in [5, 5.41) is 2.21. The van der Waals surface area contributed by atoms with Crippen LogP contribution in [0.4, 0.5) is 0 Å². The molecule has 3 heteroatoms. The molecular formula is C12H9IS2. The van der Waals surface area contributed by atoms with Crippen molar-refractivity contribution in [3.8, 4) is 0 Å². The summed E-state index contributed by atoms with van der Waals surface area (Å²) in [6.07, 6.45) is 0. The molecular weight excluding hydrogens is 335 g/mol. The number of thiophene rings is 1. The van der Waals surface area contributed by atoms with Gasteiger partial charge < -0.3 is 0 Å². The maximum Gasteiger partial charge on any atom is 0.0647 e. The smallest absolute Gasteiger partial charge is 0.0647 e. The van der Waals surface area contributed by atoms with Gasteiger partial charge in [0.1, 0.15) is 0 Å². The lowest BCUT2D eigenvalue weighted by Gasteiger charge is -2.10. The van der Waals surface area contributed by atoms with Gasteiger partial charge in [-0.25, -0.2) is 0 Å². The van der Waals surface area contributed by atoms with Crippen molar-refractivity contribution in [3.05, 3.63) is 52.4 Å². The fraction of sp³-hybridized carbons (Fsp3) is 0.167. The van der Waals surface area contributed by atoms with Crippen molar-refractivity contribution in [2.24, 2.45) is 0 Å². The number of benzene rings is 1. The first-order valence-corrected chi connectivity index (χ1v) is 7.89. The molecule has 2 heterocycles. The Kier molecular flexibility index (Phi) is 2.79. The van der Waals surface area contributed by atoms with Crippen LogP contribution < -0.4 is 0 Å². The third-order valence-electron chi connectivity index (χ3n) is 2.62. The Hall–Kier alpha value is -0.000000000000000111. The fourth-order valence-electron chi connectivity index (χ4n) is 1.83. The minimum absolute atomic E-state index is 0.523. The Labute approximate surface area is 111 Å². The lowest BCUT2D eigenvalue weighted by Crippen LogP contribution is -1.93. The average molecular weight is 344 g/mol. The van der Waals surface area contributed by atoms with E-state index in [1.165, 1.54) is 20.9 Å². The van der Waals surface area contributed by atoms with Crippen LogP contribution in [-0.2, 0) is 5.75 Å². The van der Waals surface area contributed by atoms with E-state index < -0.39 is 0 Å². The Morgan fingerprint density at radius 3 is 2.93 bits per heavy atom. The van der Waals surface area contributed by atoms with Gasteiger partial charge in [0.15, 0.2) is 0 Å². The molecule has 0 nitrogen and oxygen atoms in total.